The first-order chi connectivity index (χ1) is 21.4. The largest absolute Gasteiger partial charge is 0.547 e. The fraction of sp³-hybridized carbons (Fsp3) is 0.308. The number of carbonyl (C=O) groups excluding carboxylic acids is 2. The lowest BCUT2D eigenvalue weighted by Crippen LogP contribution is -2.54. The van der Waals surface area contributed by atoms with E-state index < -0.39 is 61.2 Å². The van der Waals surface area contributed by atoms with Gasteiger partial charge in [-0.05, 0) is 54.1 Å². The minimum Gasteiger partial charge on any atom is -0.534 e. The van der Waals surface area contributed by atoms with Crippen LogP contribution in [-0.4, -0.2) is 91.9 Å². The number of hydrogen-bond donors (Lipinski definition) is 8. The van der Waals surface area contributed by atoms with Gasteiger partial charge in [-0.1, -0.05) is 43.3 Å². The Bertz CT molecular complexity index is 1500. The summed E-state index contributed by atoms with van der Waals surface area (Å²) in [4.78, 5) is 57.8. The normalized spacial score (nSPS) is 15.3. The summed E-state index contributed by atoms with van der Waals surface area (Å²) in [5.41, 5.74) is -0.705. The van der Waals surface area contributed by atoms with E-state index in [1.165, 1.54) is 31.2 Å². The van der Waals surface area contributed by atoms with Gasteiger partial charge in [-0.2, -0.15) is 4.81 Å². The number of carboxylic acid groups (broad SMARTS) is 2. The summed E-state index contributed by atoms with van der Waals surface area (Å²) < 4.78 is 5.35. The number of fused-ring (bicyclic) bond motifs is 1. The van der Waals surface area contributed by atoms with E-state index in [2.05, 4.69) is 20.9 Å². The Labute approximate surface area is 256 Å². The molecule has 0 aliphatic carbocycles. The summed E-state index contributed by atoms with van der Waals surface area (Å²) in [5, 5.41) is 70.5. The molecule has 0 unspecified atom stereocenters. The molecule has 0 spiro atoms. The molecule has 2 aromatic carbocycles. The van der Waals surface area contributed by atoms with Crippen LogP contribution >= 0.6 is 0 Å². The number of carboxylic acids is 2. The van der Waals surface area contributed by atoms with Crippen LogP contribution in [0.5, 0.6) is 11.5 Å². The van der Waals surface area contributed by atoms with Crippen molar-refractivity contribution in [2.75, 3.05) is 0 Å². The monoisotopic (exact) mass is 628 g/mol. The van der Waals surface area contributed by atoms with E-state index in [1.54, 1.807) is 13.0 Å². The lowest BCUT2D eigenvalue weighted by Gasteiger charge is -2.28. The molecule has 0 radical (unpaired) electrons. The summed E-state index contributed by atoms with van der Waals surface area (Å²) in [5.74, 6) is -7.45. The predicted octanol–water partition coefficient (Wildman–Crippen LogP) is -0.0704. The van der Waals surface area contributed by atoms with Crippen LogP contribution in [0.3, 0.4) is 0 Å². The van der Waals surface area contributed by atoms with Gasteiger partial charge in [0.15, 0.2) is 0 Å². The fourth-order valence-electron chi connectivity index (χ4n) is 4.33. The van der Waals surface area contributed by atoms with Gasteiger partial charge in [-0.25, -0.2) is 14.6 Å². The van der Waals surface area contributed by atoms with Crippen molar-refractivity contribution in [1.29, 1.82) is 0 Å². The highest BCUT2D eigenvalue weighted by Crippen LogP contribution is 2.30. The van der Waals surface area contributed by atoms with Gasteiger partial charge < -0.3 is 45.9 Å². The van der Waals surface area contributed by atoms with E-state index >= 15 is 0 Å². The van der Waals surface area contributed by atoms with Crippen LogP contribution in [0.1, 0.15) is 58.5 Å². The standard InChI is InChI=1S/C26H30B2N4O13/c1-3-17(31-42)23(34)30-20(11-13-7-5-9-15(21(13)33)25(36)37)28(41)44-45-32-18(4-2)24(35)29-19-12-14-8-6-10-16(26(38)39)22(14)43-27(19)40/h5-10,19-20,33,40-42H,3-4,11-12H2,1-2H3,(H,29,35)(H,30,34)(H,36,37)(H,38,39)/b31-17-,32-18-/t19-,20-/m0/s1. The molecule has 19 heteroatoms. The van der Waals surface area contributed by atoms with Crippen LogP contribution in [0.15, 0.2) is 46.7 Å². The third kappa shape index (κ3) is 8.49. The third-order valence-electron chi connectivity index (χ3n) is 6.72. The van der Waals surface area contributed by atoms with Crippen LogP contribution < -0.4 is 15.3 Å². The van der Waals surface area contributed by atoms with E-state index in [-0.39, 0.29) is 54.0 Å². The average Bonchev–Trinajstić information content (AvgIpc) is 3.00. The number of phenols is 1. The molecule has 238 valence electrons. The second-order valence-corrected chi connectivity index (χ2v) is 9.65. The molecule has 2 aromatic rings. The highest BCUT2D eigenvalue weighted by atomic mass is 17.3. The molecule has 2 amide bonds. The minimum atomic E-state index is -2.02. The zero-order chi connectivity index (χ0) is 33.3. The molecule has 2 atom stereocenters. The molecule has 1 aliphatic heterocycles. The molecule has 0 fully saturated rings. The van der Waals surface area contributed by atoms with Crippen molar-refractivity contribution in [3.63, 3.8) is 0 Å². The Morgan fingerprint density at radius 2 is 1.69 bits per heavy atom. The fourth-order valence-corrected chi connectivity index (χ4v) is 4.33. The highest BCUT2D eigenvalue weighted by Gasteiger charge is 2.38. The molecular formula is C26H30B2N4O13. The van der Waals surface area contributed by atoms with Crippen molar-refractivity contribution in [1.82, 2.24) is 10.6 Å². The molecule has 0 saturated heterocycles. The van der Waals surface area contributed by atoms with Crippen LogP contribution in [0, 0.1) is 0 Å². The number of aromatic carboxylic acids is 2. The number of oxime groups is 2. The highest BCUT2D eigenvalue weighted by molar-refractivity contribution is 6.49. The molecule has 8 N–H and O–H groups in total. The molecule has 0 saturated carbocycles. The van der Waals surface area contributed by atoms with Crippen molar-refractivity contribution in [3.05, 3.63) is 58.7 Å². The zero-order valence-electron chi connectivity index (χ0n) is 24.0. The summed E-state index contributed by atoms with van der Waals surface area (Å²) in [6.07, 6.45) is -0.363. The maximum atomic E-state index is 12.9. The van der Waals surface area contributed by atoms with Crippen molar-refractivity contribution in [2.24, 2.45) is 10.3 Å². The molecule has 3 rings (SSSR count). The molecular weight excluding hydrogens is 598 g/mol. The van der Waals surface area contributed by atoms with E-state index in [4.69, 9.17) is 19.7 Å². The van der Waals surface area contributed by atoms with Crippen molar-refractivity contribution < 1.29 is 64.2 Å². The van der Waals surface area contributed by atoms with Crippen molar-refractivity contribution >= 4 is 49.4 Å². The zero-order valence-corrected chi connectivity index (χ0v) is 24.0. The lowest BCUT2D eigenvalue weighted by atomic mass is 9.72. The van der Waals surface area contributed by atoms with Crippen molar-refractivity contribution in [3.8, 4) is 11.5 Å². The number of benzene rings is 2. The van der Waals surface area contributed by atoms with Crippen molar-refractivity contribution in [2.45, 2.75) is 51.4 Å². The summed E-state index contributed by atoms with van der Waals surface area (Å²) >= 11 is 0. The van der Waals surface area contributed by atoms with E-state index in [0.717, 1.165) is 6.07 Å². The van der Waals surface area contributed by atoms with Gasteiger partial charge in [-0.3, -0.25) is 9.59 Å². The number of nitrogens with one attached hydrogen (secondary N) is 2. The van der Waals surface area contributed by atoms with Crippen LogP contribution in [0.2, 0.25) is 0 Å². The van der Waals surface area contributed by atoms with Gasteiger partial charge in [0.25, 0.3) is 11.8 Å². The van der Waals surface area contributed by atoms with Gasteiger partial charge in [0.2, 0.25) is 0 Å². The first-order valence-corrected chi connectivity index (χ1v) is 13.6. The molecule has 45 heavy (non-hydrogen) atoms. The summed E-state index contributed by atoms with van der Waals surface area (Å²) in [7, 11) is -3.60. The molecule has 0 bridgehead atoms. The SMILES string of the molecule is CC/C(=N/O)C(=O)N[C@@H](Cc1cccc(C(=O)O)c1O)B(O)OO/N=C(/CC)C(=O)N[C@H]1Cc2cccc(C(=O)O)c2OB1O. The predicted molar refractivity (Wildman–Crippen MR) is 156 cm³/mol. The van der Waals surface area contributed by atoms with Gasteiger partial charge >= 0.3 is 26.2 Å². The number of hydrogen-bond acceptors (Lipinski definition) is 13. The molecule has 0 aromatic heterocycles. The molecule has 1 aliphatic rings. The Hall–Kier alpha value is -5.13. The van der Waals surface area contributed by atoms with E-state index in [0.29, 0.717) is 5.56 Å². The maximum Gasteiger partial charge on any atom is 0.547 e. The summed E-state index contributed by atoms with van der Waals surface area (Å²) in [6.45, 7) is 3.07. The van der Waals surface area contributed by atoms with E-state index in [9.17, 15) is 44.5 Å². The Kier molecular flexibility index (Phi) is 11.9. The number of aromatic hydroxyl groups is 1. The Morgan fingerprint density at radius 3 is 2.31 bits per heavy atom. The Morgan fingerprint density at radius 1 is 1.04 bits per heavy atom. The number of amides is 2. The van der Waals surface area contributed by atoms with Gasteiger partial charge in [0, 0.05) is 0 Å². The number of nitrogens with zero attached hydrogens (tertiary/aromatic N) is 2. The maximum absolute atomic E-state index is 12.9. The van der Waals surface area contributed by atoms with Crippen LogP contribution in [0.25, 0.3) is 0 Å². The van der Waals surface area contributed by atoms with Crippen LogP contribution in [0.4, 0.5) is 0 Å². The number of para-hydroxylation sites is 2. The summed E-state index contributed by atoms with van der Waals surface area (Å²) in [6, 6.07) is 8.23. The first kappa shape index (κ1) is 34.4. The van der Waals surface area contributed by atoms with Gasteiger partial charge in [-0.15, -0.1) is 0 Å². The second-order valence-electron chi connectivity index (χ2n) is 9.65. The first-order valence-electron chi connectivity index (χ1n) is 13.6. The Balaban J connectivity index is 1.72. The third-order valence-corrected chi connectivity index (χ3v) is 6.72. The average molecular weight is 628 g/mol. The molecule has 17 nitrogen and oxygen atoms in total. The molecule has 1 heterocycles. The quantitative estimate of drug-likeness (QED) is 0.0448. The number of carbonyl (C=O) groups is 4. The van der Waals surface area contributed by atoms with Gasteiger partial charge in [0.05, 0.1) is 17.4 Å². The van der Waals surface area contributed by atoms with Gasteiger partial charge in [0.1, 0.15) is 28.5 Å². The lowest BCUT2D eigenvalue weighted by molar-refractivity contribution is -0.225. The van der Waals surface area contributed by atoms with E-state index in [1.807, 2.05) is 0 Å². The topological polar surface area (TPSA) is 266 Å². The second kappa shape index (κ2) is 15.6. The number of rotatable bonds is 14. The smallest absolute Gasteiger partial charge is 0.534 e. The minimum absolute atomic E-state index is 0.00395. The van der Waals surface area contributed by atoms with Crippen LogP contribution in [-0.2, 0) is 32.2 Å².